The van der Waals surface area contributed by atoms with Gasteiger partial charge >= 0.3 is 0 Å². The number of phenols is 2. The van der Waals surface area contributed by atoms with Crippen LogP contribution in [0.1, 0.15) is 35.3 Å². The normalized spacial score (nSPS) is 14.4. The van der Waals surface area contributed by atoms with E-state index in [4.69, 9.17) is 4.74 Å². The number of thiophene rings is 1. The quantitative estimate of drug-likeness (QED) is 0.368. The van der Waals surface area contributed by atoms with Gasteiger partial charge in [-0.2, -0.15) is 0 Å². The fourth-order valence-corrected chi connectivity index (χ4v) is 5.46. The van der Waals surface area contributed by atoms with Crippen molar-refractivity contribution in [3.05, 3.63) is 66.1 Å². The number of aromatic hydroxyl groups is 2. The molecule has 4 aromatic rings. The highest BCUT2D eigenvalue weighted by Gasteiger charge is 2.23. The van der Waals surface area contributed by atoms with Gasteiger partial charge < -0.3 is 14.9 Å². The number of hydrogen-bond acceptors (Lipinski definition) is 8. The highest BCUT2D eigenvalue weighted by molar-refractivity contribution is 7.22. The molecule has 8 heteroatoms. The third-order valence-electron chi connectivity index (χ3n) is 6.00. The number of ketones is 1. The second-order valence-electron chi connectivity index (χ2n) is 8.35. The number of benzene rings is 2. The third-order valence-corrected chi connectivity index (χ3v) is 7.20. The van der Waals surface area contributed by atoms with Crippen LogP contribution in [0, 0.1) is 0 Å². The summed E-state index contributed by atoms with van der Waals surface area (Å²) in [6, 6.07) is 11.7. The van der Waals surface area contributed by atoms with E-state index in [0.29, 0.717) is 18.1 Å². The molecule has 7 nitrogen and oxygen atoms in total. The Morgan fingerprint density at radius 2 is 1.74 bits per heavy atom. The Bertz CT molecular complexity index is 1300. The number of likely N-dealkylation sites (tertiary alicyclic amines) is 1. The average Bonchev–Trinajstić information content (AvgIpc) is 3.23. The Kier molecular flexibility index (Phi) is 6.42. The number of aromatic nitrogens is 2. The molecule has 34 heavy (non-hydrogen) atoms. The predicted molar refractivity (Wildman–Crippen MR) is 132 cm³/mol. The number of hydrogen-bond donors (Lipinski definition) is 2. The Balaban J connectivity index is 1.39. The van der Waals surface area contributed by atoms with E-state index < -0.39 is 0 Å². The predicted octanol–water partition coefficient (Wildman–Crippen LogP) is 4.87. The lowest BCUT2D eigenvalue weighted by atomic mass is 10.0. The van der Waals surface area contributed by atoms with E-state index in [1.54, 1.807) is 42.5 Å². The van der Waals surface area contributed by atoms with Gasteiger partial charge in [-0.05, 0) is 74.0 Å². The van der Waals surface area contributed by atoms with Crippen LogP contribution < -0.4 is 4.74 Å². The van der Waals surface area contributed by atoms with Crippen LogP contribution in [0.15, 0.2) is 54.9 Å². The highest BCUT2D eigenvalue weighted by atomic mass is 32.1. The van der Waals surface area contributed by atoms with Gasteiger partial charge in [0.15, 0.2) is 0 Å². The van der Waals surface area contributed by atoms with E-state index in [0.717, 1.165) is 40.2 Å². The topological polar surface area (TPSA) is 95.8 Å². The summed E-state index contributed by atoms with van der Waals surface area (Å²) in [6.45, 7) is 3.61. The minimum Gasteiger partial charge on any atom is -0.508 e. The first-order valence-corrected chi connectivity index (χ1v) is 12.2. The molecular formula is C26H25N3O4S. The van der Waals surface area contributed by atoms with Crippen LogP contribution in [0.4, 0.5) is 0 Å². The molecule has 0 radical (unpaired) electrons. The van der Waals surface area contributed by atoms with Crippen LogP contribution in [0.3, 0.4) is 0 Å². The lowest BCUT2D eigenvalue weighted by Crippen LogP contribution is -2.33. The summed E-state index contributed by atoms with van der Waals surface area (Å²) in [5.74, 6) is 0.424. The van der Waals surface area contributed by atoms with Crippen LogP contribution in [0.2, 0.25) is 0 Å². The number of rotatable bonds is 7. The zero-order valence-electron chi connectivity index (χ0n) is 18.6. The zero-order chi connectivity index (χ0) is 23.5. The molecule has 0 saturated carbocycles. The van der Waals surface area contributed by atoms with Gasteiger partial charge in [0.25, 0.3) is 0 Å². The molecule has 1 saturated heterocycles. The Morgan fingerprint density at radius 1 is 0.971 bits per heavy atom. The zero-order valence-corrected chi connectivity index (χ0v) is 19.4. The van der Waals surface area contributed by atoms with Crippen molar-refractivity contribution in [1.82, 2.24) is 14.9 Å². The molecule has 2 N–H and O–H groups in total. The standard InChI is InChI=1S/C26H25N3O4S/c30-18-6-4-17(5-7-18)26-24(20-9-8-19(31)14-22(20)34-26)25(32)21-15-28-23(16-27-21)33-13-12-29-10-2-1-3-11-29/h4-9,14-16,30-31H,1-3,10-13H2. The minimum atomic E-state index is -0.257. The van der Waals surface area contributed by atoms with Gasteiger partial charge in [0.2, 0.25) is 11.7 Å². The van der Waals surface area contributed by atoms with Crippen molar-refractivity contribution in [1.29, 1.82) is 0 Å². The highest BCUT2D eigenvalue weighted by Crippen LogP contribution is 2.41. The second kappa shape index (κ2) is 9.79. The molecule has 174 valence electrons. The van der Waals surface area contributed by atoms with Crippen molar-refractivity contribution in [2.24, 2.45) is 0 Å². The minimum absolute atomic E-state index is 0.135. The summed E-state index contributed by atoms with van der Waals surface area (Å²) in [5, 5.41) is 20.3. The second-order valence-corrected chi connectivity index (χ2v) is 9.41. The van der Waals surface area contributed by atoms with Crippen LogP contribution in [0.25, 0.3) is 20.5 Å². The van der Waals surface area contributed by atoms with E-state index in [9.17, 15) is 15.0 Å². The van der Waals surface area contributed by atoms with Crippen molar-refractivity contribution in [3.8, 4) is 27.8 Å². The summed E-state index contributed by atoms with van der Waals surface area (Å²) >= 11 is 1.41. The number of phenolic OH excluding ortho intramolecular Hbond substituents is 2. The number of carbonyl (C=O) groups excluding carboxylic acids is 1. The number of fused-ring (bicyclic) bond motifs is 1. The van der Waals surface area contributed by atoms with E-state index in [2.05, 4.69) is 14.9 Å². The molecule has 3 heterocycles. The first-order chi connectivity index (χ1) is 16.6. The van der Waals surface area contributed by atoms with Crippen LogP contribution in [-0.2, 0) is 0 Å². The van der Waals surface area contributed by atoms with Gasteiger partial charge in [-0.1, -0.05) is 6.42 Å². The number of ether oxygens (including phenoxy) is 1. The average molecular weight is 476 g/mol. The van der Waals surface area contributed by atoms with Gasteiger partial charge in [-0.3, -0.25) is 9.69 Å². The molecule has 0 atom stereocenters. The number of carbonyl (C=O) groups is 1. The summed E-state index contributed by atoms with van der Waals surface area (Å²) in [4.78, 5) is 25.3. The van der Waals surface area contributed by atoms with Gasteiger partial charge in [0, 0.05) is 21.5 Å². The van der Waals surface area contributed by atoms with Gasteiger partial charge in [-0.15, -0.1) is 11.3 Å². The molecule has 0 spiro atoms. The lowest BCUT2D eigenvalue weighted by molar-refractivity contribution is 0.103. The molecular weight excluding hydrogens is 450 g/mol. The molecule has 1 aliphatic rings. The lowest BCUT2D eigenvalue weighted by Gasteiger charge is -2.25. The molecule has 2 aromatic carbocycles. The van der Waals surface area contributed by atoms with Crippen LogP contribution in [-0.4, -0.2) is 57.1 Å². The maximum atomic E-state index is 13.5. The molecule has 0 unspecified atom stereocenters. The van der Waals surface area contributed by atoms with Crippen LogP contribution >= 0.6 is 11.3 Å². The molecule has 0 aliphatic carbocycles. The van der Waals surface area contributed by atoms with E-state index in [1.807, 2.05) is 0 Å². The first kappa shape index (κ1) is 22.3. The fourth-order valence-electron chi connectivity index (χ4n) is 4.23. The molecule has 2 aromatic heterocycles. The summed E-state index contributed by atoms with van der Waals surface area (Å²) in [6.07, 6.45) is 6.71. The van der Waals surface area contributed by atoms with Gasteiger partial charge in [0.1, 0.15) is 23.8 Å². The van der Waals surface area contributed by atoms with E-state index >= 15 is 0 Å². The third kappa shape index (κ3) is 4.73. The monoisotopic (exact) mass is 475 g/mol. The van der Waals surface area contributed by atoms with Gasteiger partial charge in [-0.25, -0.2) is 9.97 Å². The summed E-state index contributed by atoms with van der Waals surface area (Å²) < 4.78 is 6.53. The molecule has 0 bridgehead atoms. The van der Waals surface area contributed by atoms with E-state index in [1.165, 1.54) is 43.0 Å². The van der Waals surface area contributed by atoms with Crippen molar-refractivity contribution >= 4 is 27.2 Å². The Hall–Kier alpha value is -3.49. The first-order valence-electron chi connectivity index (χ1n) is 11.4. The summed E-state index contributed by atoms with van der Waals surface area (Å²) in [7, 11) is 0. The van der Waals surface area contributed by atoms with Crippen LogP contribution in [0.5, 0.6) is 17.4 Å². The van der Waals surface area contributed by atoms with Gasteiger partial charge in [0.05, 0.1) is 18.0 Å². The molecule has 5 rings (SSSR count). The molecule has 0 amide bonds. The maximum Gasteiger partial charge on any atom is 0.232 e. The van der Waals surface area contributed by atoms with Crippen molar-refractivity contribution in [2.45, 2.75) is 19.3 Å². The van der Waals surface area contributed by atoms with E-state index in [-0.39, 0.29) is 23.0 Å². The Labute approximate surface area is 201 Å². The van der Waals surface area contributed by atoms with Crippen molar-refractivity contribution < 1.29 is 19.7 Å². The SMILES string of the molecule is O=C(c1cnc(OCCN2CCCCC2)cn1)c1c(-c2ccc(O)cc2)sc2cc(O)ccc12. The number of piperidine rings is 1. The summed E-state index contributed by atoms with van der Waals surface area (Å²) in [5.41, 5.74) is 1.52. The molecule has 1 aliphatic heterocycles. The number of nitrogens with zero attached hydrogens (tertiary/aromatic N) is 3. The molecule has 1 fully saturated rings. The maximum absolute atomic E-state index is 13.5. The fraction of sp³-hybridized carbons (Fsp3) is 0.269. The Morgan fingerprint density at radius 3 is 2.47 bits per heavy atom. The largest absolute Gasteiger partial charge is 0.508 e. The van der Waals surface area contributed by atoms with Crippen molar-refractivity contribution in [2.75, 3.05) is 26.2 Å². The van der Waals surface area contributed by atoms with Crippen molar-refractivity contribution in [3.63, 3.8) is 0 Å². The smallest absolute Gasteiger partial charge is 0.232 e.